The summed E-state index contributed by atoms with van der Waals surface area (Å²) in [5.41, 5.74) is 4.09. The Bertz CT molecular complexity index is 939. The highest BCUT2D eigenvalue weighted by atomic mass is 16.5. The monoisotopic (exact) mass is 389 g/mol. The number of unbranched alkanes of at least 4 members (excludes halogenated alkanes) is 1. The van der Waals surface area contributed by atoms with Gasteiger partial charge in [-0.25, -0.2) is 4.98 Å². The summed E-state index contributed by atoms with van der Waals surface area (Å²) in [6.07, 6.45) is 4.12. The number of carbonyl (C=O) groups is 1. The van der Waals surface area contributed by atoms with Gasteiger partial charge in [-0.15, -0.1) is 0 Å². The van der Waals surface area contributed by atoms with Crippen LogP contribution in [0.2, 0.25) is 0 Å². The molecule has 0 aliphatic heterocycles. The summed E-state index contributed by atoms with van der Waals surface area (Å²) in [5.74, 6) is 1.54. The first-order valence-corrected chi connectivity index (χ1v) is 9.91. The molecule has 3 rings (SSSR count). The van der Waals surface area contributed by atoms with Crippen LogP contribution in [0.3, 0.4) is 0 Å². The molecule has 2 aromatic carbocycles. The van der Waals surface area contributed by atoms with Gasteiger partial charge in [0.25, 0.3) is 0 Å². The Hall–Kier alpha value is -3.34. The third kappa shape index (κ3) is 5.82. The molecule has 0 aliphatic carbocycles. The third-order valence-electron chi connectivity index (χ3n) is 4.66. The molecule has 0 bridgehead atoms. The van der Waals surface area contributed by atoms with Crippen LogP contribution in [0, 0.1) is 0 Å². The van der Waals surface area contributed by atoms with Crippen molar-refractivity contribution in [1.82, 2.24) is 4.98 Å². The van der Waals surface area contributed by atoms with Crippen molar-refractivity contribution in [3.8, 4) is 16.9 Å². The molecule has 0 saturated carbocycles. The highest BCUT2D eigenvalue weighted by Gasteiger charge is 2.07. The van der Waals surface area contributed by atoms with E-state index in [1.54, 1.807) is 13.3 Å². The molecule has 5 nitrogen and oxygen atoms in total. The lowest BCUT2D eigenvalue weighted by Crippen LogP contribution is -2.13. The summed E-state index contributed by atoms with van der Waals surface area (Å²) < 4.78 is 5.30. The molecule has 0 atom stereocenters. The zero-order chi connectivity index (χ0) is 20.5. The van der Waals surface area contributed by atoms with E-state index >= 15 is 0 Å². The molecule has 0 unspecified atom stereocenters. The van der Waals surface area contributed by atoms with E-state index in [1.165, 1.54) is 0 Å². The molecule has 0 fully saturated rings. The van der Waals surface area contributed by atoms with Crippen molar-refractivity contribution in [3.63, 3.8) is 0 Å². The van der Waals surface area contributed by atoms with Gasteiger partial charge in [0.2, 0.25) is 5.91 Å². The van der Waals surface area contributed by atoms with E-state index in [4.69, 9.17) is 4.74 Å². The number of aromatic nitrogens is 1. The van der Waals surface area contributed by atoms with E-state index in [-0.39, 0.29) is 5.91 Å². The molecule has 0 aliphatic rings. The molecule has 29 heavy (non-hydrogen) atoms. The number of pyridine rings is 1. The Morgan fingerprint density at radius 3 is 2.62 bits per heavy atom. The Kier molecular flexibility index (Phi) is 7.22. The SMILES string of the molecule is CCCCC(=O)Nc1cccnc1NCc1ccc(-c2cccc(OC)c2)cc1. The van der Waals surface area contributed by atoms with Gasteiger partial charge in [-0.3, -0.25) is 4.79 Å². The van der Waals surface area contributed by atoms with E-state index in [9.17, 15) is 4.79 Å². The average molecular weight is 389 g/mol. The minimum absolute atomic E-state index is 0.0190. The maximum Gasteiger partial charge on any atom is 0.224 e. The molecule has 3 aromatic rings. The average Bonchev–Trinajstić information content (AvgIpc) is 2.77. The van der Waals surface area contributed by atoms with Gasteiger partial charge in [0, 0.05) is 19.2 Å². The van der Waals surface area contributed by atoms with Crippen molar-refractivity contribution in [1.29, 1.82) is 0 Å². The third-order valence-corrected chi connectivity index (χ3v) is 4.66. The summed E-state index contributed by atoms with van der Waals surface area (Å²) in [6, 6.07) is 20.1. The standard InChI is InChI=1S/C24H27N3O2/c1-3-4-10-23(28)27-22-9-6-15-25-24(22)26-17-18-11-13-19(14-12-18)20-7-5-8-21(16-20)29-2/h5-9,11-16H,3-4,10,17H2,1-2H3,(H,25,26)(H,27,28). The molecule has 0 saturated heterocycles. The lowest BCUT2D eigenvalue weighted by atomic mass is 10.0. The van der Waals surface area contributed by atoms with E-state index in [0.29, 0.717) is 24.5 Å². The molecule has 1 amide bonds. The van der Waals surface area contributed by atoms with Crippen LogP contribution >= 0.6 is 0 Å². The molecule has 1 aromatic heterocycles. The number of rotatable bonds is 9. The van der Waals surface area contributed by atoms with Crippen molar-refractivity contribution >= 4 is 17.4 Å². The Morgan fingerprint density at radius 2 is 1.86 bits per heavy atom. The van der Waals surface area contributed by atoms with E-state index in [2.05, 4.69) is 52.9 Å². The van der Waals surface area contributed by atoms with Crippen LogP contribution in [-0.2, 0) is 11.3 Å². The van der Waals surface area contributed by atoms with Gasteiger partial charge < -0.3 is 15.4 Å². The van der Waals surface area contributed by atoms with Gasteiger partial charge in [-0.2, -0.15) is 0 Å². The molecule has 150 valence electrons. The fourth-order valence-electron chi connectivity index (χ4n) is 3.00. The maximum absolute atomic E-state index is 12.0. The fraction of sp³-hybridized carbons (Fsp3) is 0.250. The Morgan fingerprint density at radius 1 is 1.03 bits per heavy atom. The van der Waals surface area contributed by atoms with E-state index < -0.39 is 0 Å². The lowest BCUT2D eigenvalue weighted by Gasteiger charge is -2.12. The number of ether oxygens (including phenoxy) is 1. The zero-order valence-electron chi connectivity index (χ0n) is 16.9. The van der Waals surface area contributed by atoms with Gasteiger partial charge in [0.1, 0.15) is 11.6 Å². The summed E-state index contributed by atoms with van der Waals surface area (Å²) in [6.45, 7) is 2.69. The molecular weight excluding hydrogens is 362 g/mol. The summed E-state index contributed by atoms with van der Waals surface area (Å²) >= 11 is 0. The summed E-state index contributed by atoms with van der Waals surface area (Å²) in [5, 5.41) is 6.27. The number of nitrogens with one attached hydrogen (secondary N) is 2. The molecule has 0 radical (unpaired) electrons. The van der Waals surface area contributed by atoms with E-state index in [0.717, 1.165) is 35.3 Å². The molecule has 1 heterocycles. The summed E-state index contributed by atoms with van der Waals surface area (Å²) in [4.78, 5) is 16.4. The van der Waals surface area contributed by atoms with Crippen molar-refractivity contribution in [2.45, 2.75) is 32.7 Å². The minimum Gasteiger partial charge on any atom is -0.497 e. The highest BCUT2D eigenvalue weighted by Crippen LogP contribution is 2.25. The first kappa shape index (κ1) is 20.4. The molecule has 0 spiro atoms. The molecular formula is C24H27N3O2. The second-order valence-electron chi connectivity index (χ2n) is 6.83. The number of anilines is 2. The first-order chi connectivity index (χ1) is 14.2. The predicted octanol–water partition coefficient (Wildman–Crippen LogP) is 5.50. The van der Waals surface area contributed by atoms with Crippen LogP contribution in [-0.4, -0.2) is 18.0 Å². The summed E-state index contributed by atoms with van der Waals surface area (Å²) in [7, 11) is 1.67. The number of methoxy groups -OCH3 is 1. The lowest BCUT2D eigenvalue weighted by molar-refractivity contribution is -0.116. The van der Waals surface area contributed by atoms with Gasteiger partial charge in [-0.05, 0) is 47.4 Å². The number of hydrogen-bond donors (Lipinski definition) is 2. The maximum atomic E-state index is 12.0. The van der Waals surface area contributed by atoms with Crippen LogP contribution in [0.25, 0.3) is 11.1 Å². The van der Waals surface area contributed by atoms with Gasteiger partial charge in [-0.1, -0.05) is 49.7 Å². The van der Waals surface area contributed by atoms with Crippen molar-refractivity contribution < 1.29 is 9.53 Å². The topological polar surface area (TPSA) is 63.2 Å². The Labute approximate surface area is 172 Å². The van der Waals surface area contributed by atoms with Crippen LogP contribution in [0.1, 0.15) is 31.7 Å². The van der Waals surface area contributed by atoms with E-state index in [1.807, 2.05) is 30.3 Å². The fourth-order valence-corrected chi connectivity index (χ4v) is 3.00. The van der Waals surface area contributed by atoms with Crippen LogP contribution in [0.5, 0.6) is 5.75 Å². The number of amides is 1. The largest absolute Gasteiger partial charge is 0.497 e. The first-order valence-electron chi connectivity index (χ1n) is 9.91. The van der Waals surface area contributed by atoms with Crippen molar-refractivity contribution in [3.05, 3.63) is 72.4 Å². The van der Waals surface area contributed by atoms with Crippen LogP contribution in [0.15, 0.2) is 66.9 Å². The predicted molar refractivity (Wildman–Crippen MR) is 118 cm³/mol. The quantitative estimate of drug-likeness (QED) is 0.507. The number of hydrogen-bond acceptors (Lipinski definition) is 4. The Balaban J connectivity index is 1.64. The number of benzene rings is 2. The number of nitrogens with zero attached hydrogens (tertiary/aromatic N) is 1. The second kappa shape index (κ2) is 10.3. The van der Waals surface area contributed by atoms with Crippen LogP contribution in [0.4, 0.5) is 11.5 Å². The molecule has 5 heteroatoms. The van der Waals surface area contributed by atoms with Gasteiger partial charge in [0.15, 0.2) is 0 Å². The van der Waals surface area contributed by atoms with Gasteiger partial charge in [0.05, 0.1) is 12.8 Å². The highest BCUT2D eigenvalue weighted by molar-refractivity contribution is 5.93. The smallest absolute Gasteiger partial charge is 0.224 e. The number of carbonyl (C=O) groups excluding carboxylic acids is 1. The zero-order valence-corrected chi connectivity index (χ0v) is 16.9. The van der Waals surface area contributed by atoms with Crippen molar-refractivity contribution in [2.75, 3.05) is 17.7 Å². The molecule has 2 N–H and O–H groups in total. The normalized spacial score (nSPS) is 10.4. The van der Waals surface area contributed by atoms with Gasteiger partial charge >= 0.3 is 0 Å². The second-order valence-corrected chi connectivity index (χ2v) is 6.83. The van der Waals surface area contributed by atoms with Crippen LogP contribution < -0.4 is 15.4 Å². The van der Waals surface area contributed by atoms with Crippen molar-refractivity contribution in [2.24, 2.45) is 0 Å². The minimum atomic E-state index is 0.0190.